The summed E-state index contributed by atoms with van der Waals surface area (Å²) in [6.45, 7) is 7.19. The number of pyridine rings is 1. The standard InChI is InChI=1S/C23H32N2O3/c1-4-10-28-22-13-19(18-12-17(27-3)6-7-20(18)24-22)23(26)21-11-16-8-9-25(21)14-15(16)5-2/h6-7,12-13,15-16,21,23,26H,4-5,8-11,14H2,1-3H3. The number of fused-ring (bicyclic) bond motifs is 4. The normalized spacial score (nSPS) is 27.7. The van der Waals surface area contributed by atoms with Gasteiger partial charge in [0.1, 0.15) is 5.75 Å². The molecule has 1 aromatic heterocycles. The lowest BCUT2D eigenvalue weighted by molar-refractivity contribution is -0.0562. The van der Waals surface area contributed by atoms with Crippen LogP contribution in [0.25, 0.3) is 10.9 Å². The van der Waals surface area contributed by atoms with Crippen LogP contribution in [0.15, 0.2) is 24.3 Å². The van der Waals surface area contributed by atoms with Gasteiger partial charge in [0.05, 0.1) is 25.3 Å². The number of aliphatic hydroxyl groups excluding tert-OH is 1. The number of hydrogen-bond acceptors (Lipinski definition) is 5. The molecule has 1 aromatic carbocycles. The highest BCUT2D eigenvalue weighted by Gasteiger charge is 2.42. The van der Waals surface area contributed by atoms with E-state index in [1.54, 1.807) is 7.11 Å². The molecule has 3 saturated heterocycles. The van der Waals surface area contributed by atoms with Crippen LogP contribution in [0.2, 0.25) is 0 Å². The Morgan fingerprint density at radius 2 is 2.14 bits per heavy atom. The fourth-order valence-corrected chi connectivity index (χ4v) is 5.04. The van der Waals surface area contributed by atoms with Crippen LogP contribution in [0, 0.1) is 11.8 Å². The molecule has 5 heteroatoms. The summed E-state index contributed by atoms with van der Waals surface area (Å²) >= 11 is 0. The second-order valence-corrected chi connectivity index (χ2v) is 8.24. The third-order valence-corrected chi connectivity index (χ3v) is 6.62. The van der Waals surface area contributed by atoms with Gasteiger partial charge in [0.15, 0.2) is 0 Å². The van der Waals surface area contributed by atoms with Crippen molar-refractivity contribution < 1.29 is 14.6 Å². The number of aromatic nitrogens is 1. The smallest absolute Gasteiger partial charge is 0.214 e. The zero-order valence-electron chi connectivity index (χ0n) is 17.2. The average Bonchev–Trinajstić information content (AvgIpc) is 2.76. The number of piperidine rings is 3. The first-order valence-electron chi connectivity index (χ1n) is 10.7. The molecule has 5 atom stereocenters. The summed E-state index contributed by atoms with van der Waals surface area (Å²) in [4.78, 5) is 7.14. The Balaban J connectivity index is 1.71. The molecule has 2 bridgehead atoms. The van der Waals surface area contributed by atoms with E-state index in [1.807, 2.05) is 24.3 Å². The summed E-state index contributed by atoms with van der Waals surface area (Å²) in [6, 6.07) is 7.94. The first-order valence-corrected chi connectivity index (χ1v) is 10.7. The van der Waals surface area contributed by atoms with E-state index >= 15 is 0 Å². The van der Waals surface area contributed by atoms with Crippen LogP contribution in [0.3, 0.4) is 0 Å². The molecule has 0 saturated carbocycles. The molecule has 152 valence electrons. The van der Waals surface area contributed by atoms with Gasteiger partial charge in [-0.1, -0.05) is 20.3 Å². The number of nitrogens with zero attached hydrogens (tertiary/aromatic N) is 2. The zero-order chi connectivity index (χ0) is 19.7. The van der Waals surface area contributed by atoms with Gasteiger partial charge in [0.2, 0.25) is 5.88 Å². The van der Waals surface area contributed by atoms with Crippen molar-refractivity contribution in [2.24, 2.45) is 11.8 Å². The lowest BCUT2D eigenvalue weighted by Gasteiger charge is -2.51. The van der Waals surface area contributed by atoms with Gasteiger partial charge >= 0.3 is 0 Å². The highest BCUT2D eigenvalue weighted by Crippen LogP contribution is 2.43. The quantitative estimate of drug-likeness (QED) is 0.776. The van der Waals surface area contributed by atoms with Crippen molar-refractivity contribution in [2.75, 3.05) is 26.8 Å². The van der Waals surface area contributed by atoms with Gasteiger partial charge in [-0.05, 0) is 61.4 Å². The summed E-state index contributed by atoms with van der Waals surface area (Å²) in [5.74, 6) is 2.88. The molecule has 1 N–H and O–H groups in total. The maximum Gasteiger partial charge on any atom is 0.214 e. The van der Waals surface area contributed by atoms with Crippen molar-refractivity contribution in [1.29, 1.82) is 0 Å². The average molecular weight is 385 g/mol. The third kappa shape index (κ3) is 3.58. The minimum Gasteiger partial charge on any atom is -0.497 e. The minimum atomic E-state index is -0.554. The van der Waals surface area contributed by atoms with Gasteiger partial charge in [0, 0.05) is 24.0 Å². The predicted octanol–water partition coefficient (Wildman–Crippen LogP) is 4.19. The Morgan fingerprint density at radius 1 is 1.29 bits per heavy atom. The summed E-state index contributed by atoms with van der Waals surface area (Å²) < 4.78 is 11.3. The fraction of sp³-hybridized carbons (Fsp3) is 0.609. The summed E-state index contributed by atoms with van der Waals surface area (Å²) in [5, 5.41) is 12.4. The third-order valence-electron chi connectivity index (χ3n) is 6.62. The van der Waals surface area contributed by atoms with Crippen molar-refractivity contribution in [3.8, 4) is 11.6 Å². The van der Waals surface area contributed by atoms with E-state index in [4.69, 9.17) is 9.47 Å². The van der Waals surface area contributed by atoms with E-state index < -0.39 is 6.10 Å². The molecular weight excluding hydrogens is 352 g/mol. The van der Waals surface area contributed by atoms with Crippen LogP contribution >= 0.6 is 0 Å². The first-order chi connectivity index (χ1) is 13.6. The van der Waals surface area contributed by atoms with E-state index in [2.05, 4.69) is 23.7 Å². The van der Waals surface area contributed by atoms with E-state index in [0.717, 1.165) is 60.0 Å². The molecule has 0 amide bonds. The van der Waals surface area contributed by atoms with Gasteiger partial charge in [-0.15, -0.1) is 0 Å². The van der Waals surface area contributed by atoms with Crippen LogP contribution < -0.4 is 9.47 Å². The molecule has 3 aliphatic heterocycles. The molecular formula is C23H32N2O3. The fourth-order valence-electron chi connectivity index (χ4n) is 5.04. The molecule has 0 radical (unpaired) electrons. The molecule has 3 fully saturated rings. The zero-order valence-corrected chi connectivity index (χ0v) is 17.2. The molecule has 0 aliphatic carbocycles. The number of ether oxygens (including phenoxy) is 2. The minimum absolute atomic E-state index is 0.164. The first kappa shape index (κ1) is 19.5. The summed E-state index contributed by atoms with van der Waals surface area (Å²) in [6.07, 6.45) is 3.93. The van der Waals surface area contributed by atoms with Crippen LogP contribution in [0.5, 0.6) is 11.6 Å². The van der Waals surface area contributed by atoms with Crippen molar-refractivity contribution in [1.82, 2.24) is 9.88 Å². The van der Waals surface area contributed by atoms with Crippen LogP contribution in [-0.2, 0) is 0 Å². The summed E-state index contributed by atoms with van der Waals surface area (Å²) in [7, 11) is 1.67. The topological polar surface area (TPSA) is 54.8 Å². The Hall–Kier alpha value is -1.85. The predicted molar refractivity (Wildman–Crippen MR) is 111 cm³/mol. The Bertz CT molecular complexity index is 825. The Kier molecular flexibility index (Phi) is 5.74. The SMILES string of the molecule is CCCOc1cc(C(O)C2CC3CCN2CC3CC)c2cc(OC)ccc2n1. The molecule has 5 nitrogen and oxygen atoms in total. The Morgan fingerprint density at radius 3 is 2.82 bits per heavy atom. The van der Waals surface area contributed by atoms with Crippen molar-refractivity contribution in [3.05, 3.63) is 29.8 Å². The molecule has 2 aromatic rings. The van der Waals surface area contributed by atoms with E-state index in [-0.39, 0.29) is 6.04 Å². The van der Waals surface area contributed by atoms with Crippen LogP contribution in [-0.4, -0.2) is 47.8 Å². The number of aliphatic hydroxyl groups is 1. The second-order valence-electron chi connectivity index (χ2n) is 8.24. The molecule has 3 aliphatic rings. The number of rotatable bonds is 7. The van der Waals surface area contributed by atoms with Gasteiger partial charge in [-0.2, -0.15) is 0 Å². The molecule has 5 unspecified atom stereocenters. The molecule has 28 heavy (non-hydrogen) atoms. The van der Waals surface area contributed by atoms with Crippen LogP contribution in [0.4, 0.5) is 0 Å². The number of methoxy groups -OCH3 is 1. The van der Waals surface area contributed by atoms with Crippen molar-refractivity contribution in [3.63, 3.8) is 0 Å². The second kappa shape index (κ2) is 8.26. The highest BCUT2D eigenvalue weighted by molar-refractivity contribution is 5.84. The van der Waals surface area contributed by atoms with E-state index in [0.29, 0.717) is 12.5 Å². The van der Waals surface area contributed by atoms with E-state index in [9.17, 15) is 5.11 Å². The molecule has 5 rings (SSSR count). The highest BCUT2D eigenvalue weighted by atomic mass is 16.5. The van der Waals surface area contributed by atoms with Crippen LogP contribution in [0.1, 0.15) is 51.2 Å². The largest absolute Gasteiger partial charge is 0.497 e. The Labute approximate surface area is 167 Å². The van der Waals surface area contributed by atoms with Gasteiger partial charge < -0.3 is 14.6 Å². The lowest BCUT2D eigenvalue weighted by atomic mass is 9.72. The van der Waals surface area contributed by atoms with Gasteiger partial charge in [0.25, 0.3) is 0 Å². The van der Waals surface area contributed by atoms with Gasteiger partial charge in [-0.25, -0.2) is 4.98 Å². The maximum absolute atomic E-state index is 11.5. The van der Waals surface area contributed by atoms with E-state index in [1.165, 1.54) is 12.8 Å². The molecule has 4 heterocycles. The van der Waals surface area contributed by atoms with Gasteiger partial charge in [-0.3, -0.25) is 4.90 Å². The lowest BCUT2D eigenvalue weighted by Crippen LogP contribution is -2.55. The monoisotopic (exact) mass is 384 g/mol. The van der Waals surface area contributed by atoms with Crippen molar-refractivity contribution >= 4 is 10.9 Å². The maximum atomic E-state index is 11.5. The van der Waals surface area contributed by atoms with Crippen molar-refractivity contribution in [2.45, 2.75) is 51.7 Å². The summed E-state index contributed by atoms with van der Waals surface area (Å²) in [5.41, 5.74) is 1.74. The number of benzene rings is 1. The number of hydrogen-bond donors (Lipinski definition) is 1. The molecule has 0 spiro atoms.